The van der Waals surface area contributed by atoms with E-state index in [0.29, 0.717) is 19.1 Å². The third-order valence-electron chi connectivity index (χ3n) is 5.50. The first-order valence-electron chi connectivity index (χ1n) is 9.17. The minimum Gasteiger partial charge on any atom is -0.375 e. The lowest BCUT2D eigenvalue weighted by Crippen LogP contribution is -2.43. The summed E-state index contributed by atoms with van der Waals surface area (Å²) in [5.74, 6) is -0.713. The van der Waals surface area contributed by atoms with Gasteiger partial charge in [0.15, 0.2) is 0 Å². The van der Waals surface area contributed by atoms with Crippen molar-refractivity contribution in [1.82, 2.24) is 0 Å². The van der Waals surface area contributed by atoms with E-state index in [1.54, 1.807) is 0 Å². The Morgan fingerprint density at radius 1 is 1.12 bits per heavy atom. The Morgan fingerprint density at radius 3 is 2.58 bits per heavy atom. The van der Waals surface area contributed by atoms with Crippen molar-refractivity contribution in [2.75, 3.05) is 18.5 Å². The average molecular weight is 359 g/mol. The monoisotopic (exact) mass is 359 g/mol. The number of ether oxygens (including phenoxy) is 2. The molecule has 1 N–H and O–H groups in total. The molecule has 0 aromatic heterocycles. The quantitative estimate of drug-likeness (QED) is 0.827. The fourth-order valence-electron chi connectivity index (χ4n) is 3.86. The van der Waals surface area contributed by atoms with Crippen molar-refractivity contribution >= 4 is 5.69 Å². The summed E-state index contributed by atoms with van der Waals surface area (Å²) in [6.07, 6.45) is 0.226. The van der Waals surface area contributed by atoms with Crippen LogP contribution in [-0.2, 0) is 9.47 Å². The normalized spacial score (nSPS) is 25.8. The van der Waals surface area contributed by atoms with Crippen molar-refractivity contribution in [3.63, 3.8) is 0 Å². The first kappa shape index (κ1) is 17.4. The van der Waals surface area contributed by atoms with Crippen LogP contribution in [0.25, 0.3) is 0 Å². The Bertz CT molecular complexity index is 790. The first-order chi connectivity index (χ1) is 12.6. The van der Waals surface area contributed by atoms with E-state index < -0.39 is 23.8 Å². The molecule has 3 nitrogen and oxygen atoms in total. The molecule has 138 valence electrons. The third-order valence-corrected chi connectivity index (χ3v) is 5.50. The Labute approximate surface area is 152 Å². The highest BCUT2D eigenvalue weighted by molar-refractivity contribution is 5.59. The minimum absolute atomic E-state index is 0.00431. The van der Waals surface area contributed by atoms with Crippen molar-refractivity contribution < 1.29 is 18.3 Å². The van der Waals surface area contributed by atoms with Gasteiger partial charge in [0.1, 0.15) is 23.8 Å². The lowest BCUT2D eigenvalue weighted by atomic mass is 9.85. The van der Waals surface area contributed by atoms with Gasteiger partial charge < -0.3 is 14.8 Å². The maximum absolute atomic E-state index is 14.4. The van der Waals surface area contributed by atoms with Gasteiger partial charge in [-0.25, -0.2) is 8.78 Å². The summed E-state index contributed by atoms with van der Waals surface area (Å²) in [6, 6.07) is 9.48. The van der Waals surface area contributed by atoms with Gasteiger partial charge >= 0.3 is 0 Å². The molecule has 4 atom stereocenters. The van der Waals surface area contributed by atoms with Crippen LogP contribution in [-0.4, -0.2) is 19.3 Å². The van der Waals surface area contributed by atoms with Gasteiger partial charge in [0, 0.05) is 16.8 Å². The average Bonchev–Trinajstić information content (AvgIpc) is 2.67. The van der Waals surface area contributed by atoms with E-state index in [9.17, 15) is 8.78 Å². The summed E-state index contributed by atoms with van der Waals surface area (Å²) in [5.41, 5.74) is 3.08. The SMILES string of the molecule is CCC(C)c1ccc2c(c1)C1OCCOC1C(c1c(F)cccc1F)N2. The minimum atomic E-state index is -0.636. The predicted octanol–water partition coefficient (Wildman–Crippen LogP) is 5.10. The zero-order chi connectivity index (χ0) is 18.3. The molecule has 0 radical (unpaired) electrons. The highest BCUT2D eigenvalue weighted by atomic mass is 19.1. The molecule has 4 unspecified atom stereocenters. The highest BCUT2D eigenvalue weighted by Gasteiger charge is 2.43. The van der Waals surface area contributed by atoms with Crippen LogP contribution in [0.1, 0.15) is 55.0 Å². The summed E-state index contributed by atoms with van der Waals surface area (Å²) in [6.45, 7) is 5.23. The fourth-order valence-corrected chi connectivity index (χ4v) is 3.86. The van der Waals surface area contributed by atoms with Crippen LogP contribution in [0, 0.1) is 11.6 Å². The van der Waals surface area contributed by atoms with Gasteiger partial charge in [-0.2, -0.15) is 0 Å². The Morgan fingerprint density at radius 2 is 1.85 bits per heavy atom. The molecule has 2 heterocycles. The zero-order valence-corrected chi connectivity index (χ0v) is 15.0. The molecule has 0 spiro atoms. The van der Waals surface area contributed by atoms with Crippen LogP contribution in [0.4, 0.5) is 14.5 Å². The summed E-state index contributed by atoms with van der Waals surface area (Å²) >= 11 is 0. The lowest BCUT2D eigenvalue weighted by Gasteiger charge is -2.43. The second-order valence-corrected chi connectivity index (χ2v) is 7.04. The first-order valence-corrected chi connectivity index (χ1v) is 9.17. The second kappa shape index (κ2) is 6.97. The number of anilines is 1. The van der Waals surface area contributed by atoms with Crippen molar-refractivity contribution in [2.24, 2.45) is 0 Å². The summed E-state index contributed by atoms with van der Waals surface area (Å²) in [7, 11) is 0. The molecule has 5 heteroatoms. The summed E-state index contributed by atoms with van der Waals surface area (Å²) in [4.78, 5) is 0. The molecule has 2 aromatic carbocycles. The van der Waals surface area contributed by atoms with Crippen LogP contribution >= 0.6 is 0 Å². The van der Waals surface area contributed by atoms with Crippen LogP contribution in [0.15, 0.2) is 36.4 Å². The van der Waals surface area contributed by atoms with Crippen LogP contribution < -0.4 is 5.32 Å². The summed E-state index contributed by atoms with van der Waals surface area (Å²) in [5, 5.41) is 3.29. The van der Waals surface area contributed by atoms with Gasteiger partial charge in [0.25, 0.3) is 0 Å². The van der Waals surface area contributed by atoms with Gasteiger partial charge in [-0.3, -0.25) is 0 Å². The van der Waals surface area contributed by atoms with Crippen molar-refractivity contribution in [3.8, 4) is 0 Å². The Balaban J connectivity index is 1.79. The molecule has 2 aliphatic heterocycles. The largest absolute Gasteiger partial charge is 0.375 e. The Kier molecular flexibility index (Phi) is 4.67. The van der Waals surface area contributed by atoms with Crippen LogP contribution in [0.5, 0.6) is 0 Å². The standard InChI is InChI=1S/C21H23F2NO2/c1-3-12(2)13-7-8-17-14(11-13)20-21(26-10-9-25-20)19(24-17)18-15(22)5-4-6-16(18)23/h4-8,11-12,19-21,24H,3,9-10H2,1-2H3. The van der Waals surface area contributed by atoms with E-state index in [1.807, 2.05) is 6.07 Å². The predicted molar refractivity (Wildman–Crippen MR) is 96.3 cm³/mol. The van der Waals surface area contributed by atoms with E-state index >= 15 is 0 Å². The molecule has 2 aliphatic rings. The Hall–Kier alpha value is -1.98. The van der Waals surface area contributed by atoms with E-state index in [-0.39, 0.29) is 11.7 Å². The number of rotatable bonds is 3. The third kappa shape index (κ3) is 2.89. The van der Waals surface area contributed by atoms with Gasteiger partial charge in [-0.15, -0.1) is 0 Å². The van der Waals surface area contributed by atoms with E-state index in [0.717, 1.165) is 17.7 Å². The lowest BCUT2D eigenvalue weighted by molar-refractivity contribution is -0.151. The second-order valence-electron chi connectivity index (χ2n) is 7.04. The highest BCUT2D eigenvalue weighted by Crippen LogP contribution is 2.45. The van der Waals surface area contributed by atoms with Gasteiger partial charge in [0.05, 0.1) is 19.3 Å². The van der Waals surface area contributed by atoms with E-state index in [2.05, 4.69) is 31.3 Å². The number of hydrogen-bond acceptors (Lipinski definition) is 3. The van der Waals surface area contributed by atoms with Crippen molar-refractivity contribution in [1.29, 1.82) is 0 Å². The molecule has 0 saturated carbocycles. The van der Waals surface area contributed by atoms with Crippen LogP contribution in [0.3, 0.4) is 0 Å². The molecule has 1 fully saturated rings. The van der Waals surface area contributed by atoms with Crippen molar-refractivity contribution in [3.05, 3.63) is 64.7 Å². The fraction of sp³-hybridized carbons (Fsp3) is 0.429. The number of fused-ring (bicyclic) bond motifs is 3. The topological polar surface area (TPSA) is 30.5 Å². The van der Waals surface area contributed by atoms with Crippen LogP contribution in [0.2, 0.25) is 0 Å². The molecular weight excluding hydrogens is 336 g/mol. The van der Waals surface area contributed by atoms with Gasteiger partial charge in [0.2, 0.25) is 0 Å². The number of nitrogens with one attached hydrogen (secondary N) is 1. The number of halogens is 2. The number of hydrogen-bond donors (Lipinski definition) is 1. The van der Waals surface area contributed by atoms with E-state index in [4.69, 9.17) is 9.47 Å². The maximum atomic E-state index is 14.4. The molecule has 0 bridgehead atoms. The molecule has 1 saturated heterocycles. The molecule has 26 heavy (non-hydrogen) atoms. The maximum Gasteiger partial charge on any atom is 0.131 e. The summed E-state index contributed by atoms with van der Waals surface area (Å²) < 4.78 is 40.7. The molecule has 4 rings (SSSR count). The molecule has 0 amide bonds. The van der Waals surface area contributed by atoms with E-state index in [1.165, 1.54) is 23.8 Å². The zero-order valence-electron chi connectivity index (χ0n) is 15.0. The molecular formula is C21H23F2NO2. The van der Waals surface area contributed by atoms with Crippen molar-refractivity contribution in [2.45, 2.75) is 44.4 Å². The number of benzene rings is 2. The van der Waals surface area contributed by atoms with Gasteiger partial charge in [-0.05, 0) is 36.1 Å². The smallest absolute Gasteiger partial charge is 0.131 e. The molecule has 2 aromatic rings. The van der Waals surface area contributed by atoms with Gasteiger partial charge in [-0.1, -0.05) is 32.0 Å². The molecule has 0 aliphatic carbocycles.